The monoisotopic (exact) mass is 375 g/mol. The summed E-state index contributed by atoms with van der Waals surface area (Å²) in [5.41, 5.74) is 14.7. The summed E-state index contributed by atoms with van der Waals surface area (Å²) in [4.78, 5) is 21.3. The van der Waals surface area contributed by atoms with E-state index in [4.69, 9.17) is 34.7 Å². The summed E-state index contributed by atoms with van der Waals surface area (Å²) in [6, 6.07) is 8.73. The van der Waals surface area contributed by atoms with Crippen LogP contribution in [0, 0.1) is 6.92 Å². The van der Waals surface area contributed by atoms with E-state index in [0.717, 1.165) is 22.9 Å². The molecule has 1 aromatic heterocycles. The first kappa shape index (κ1) is 17.3. The summed E-state index contributed by atoms with van der Waals surface area (Å²) in [6.07, 6.45) is 0.742. The van der Waals surface area contributed by atoms with Crippen molar-refractivity contribution in [3.8, 4) is 0 Å². The molecule has 0 saturated heterocycles. The highest BCUT2D eigenvalue weighted by atomic mass is 35.5. The summed E-state index contributed by atoms with van der Waals surface area (Å²) < 4.78 is 0. The maximum atomic E-state index is 11.6. The van der Waals surface area contributed by atoms with Crippen LogP contribution in [0.1, 0.15) is 11.1 Å². The normalized spacial score (nSPS) is 10.8. The second-order valence-electron chi connectivity index (χ2n) is 5.54. The number of carbonyl (C=O) groups excluding carboxylic acids is 1. The quantitative estimate of drug-likeness (QED) is 0.679. The second-order valence-corrected chi connectivity index (χ2v) is 6.36. The van der Waals surface area contributed by atoms with Gasteiger partial charge in [0.05, 0.1) is 22.1 Å². The largest absolute Gasteiger partial charge is 0.383 e. The number of aromatic nitrogens is 2. The molecule has 25 heavy (non-hydrogen) atoms. The first-order valence-electron chi connectivity index (χ1n) is 7.39. The molecule has 1 amide bonds. The van der Waals surface area contributed by atoms with Crippen LogP contribution in [0.3, 0.4) is 0 Å². The van der Waals surface area contributed by atoms with Gasteiger partial charge in [0, 0.05) is 11.1 Å². The van der Waals surface area contributed by atoms with Crippen molar-refractivity contribution >= 4 is 58.0 Å². The average Bonchev–Trinajstić information content (AvgIpc) is 2.56. The number of amides is 1. The molecular weight excluding hydrogens is 361 g/mol. The van der Waals surface area contributed by atoms with Crippen LogP contribution in [0.25, 0.3) is 10.9 Å². The predicted molar refractivity (Wildman–Crippen MR) is 102 cm³/mol. The number of carbonyl (C=O) groups is 1. The molecule has 0 atom stereocenters. The third kappa shape index (κ3) is 3.31. The second kappa shape index (κ2) is 6.74. The van der Waals surface area contributed by atoms with Crippen LogP contribution in [-0.2, 0) is 11.3 Å². The van der Waals surface area contributed by atoms with Crippen molar-refractivity contribution < 1.29 is 4.79 Å². The number of fused-ring (bicyclic) bond motifs is 1. The lowest BCUT2D eigenvalue weighted by atomic mass is 10.0. The van der Waals surface area contributed by atoms with Gasteiger partial charge in [-0.15, -0.1) is 0 Å². The Labute approximate surface area is 154 Å². The maximum absolute atomic E-state index is 11.6. The molecule has 4 N–H and O–H groups in total. The lowest BCUT2D eigenvalue weighted by Gasteiger charge is -2.20. The van der Waals surface area contributed by atoms with Gasteiger partial charge in [0.15, 0.2) is 0 Å². The van der Waals surface area contributed by atoms with Crippen molar-refractivity contribution in [1.29, 1.82) is 0 Å². The van der Waals surface area contributed by atoms with Crippen LogP contribution in [0.5, 0.6) is 0 Å². The minimum atomic E-state index is 0.127. The molecule has 0 aliphatic rings. The zero-order valence-electron chi connectivity index (χ0n) is 13.3. The smallest absolute Gasteiger partial charge is 0.222 e. The average molecular weight is 376 g/mol. The van der Waals surface area contributed by atoms with Crippen molar-refractivity contribution in [3.05, 3.63) is 51.5 Å². The third-order valence-electron chi connectivity index (χ3n) is 3.98. The fraction of sp³-hybridized carbons (Fsp3) is 0.118. The summed E-state index contributed by atoms with van der Waals surface area (Å²) >= 11 is 12.0. The lowest BCUT2D eigenvalue weighted by Crippen LogP contribution is -2.21. The molecule has 0 spiro atoms. The van der Waals surface area contributed by atoms with E-state index in [2.05, 4.69) is 9.97 Å². The van der Waals surface area contributed by atoms with Gasteiger partial charge in [-0.3, -0.25) is 4.79 Å². The van der Waals surface area contributed by atoms with E-state index in [0.29, 0.717) is 33.6 Å². The van der Waals surface area contributed by atoms with Gasteiger partial charge in [-0.1, -0.05) is 29.3 Å². The number of halogens is 2. The fourth-order valence-electron chi connectivity index (χ4n) is 2.69. The molecule has 6 nitrogen and oxygen atoms in total. The van der Waals surface area contributed by atoms with Crippen LogP contribution < -0.4 is 16.4 Å². The number of anilines is 3. The topological polar surface area (TPSA) is 98.1 Å². The Hall–Kier alpha value is -2.57. The molecule has 3 aromatic rings. The standard InChI is InChI=1S/C17H15Cl2N5O/c1-9-10(2-5-14-15(9)16(20)23-17(21)22-14)7-24(8-25)11-3-4-12(18)13(19)6-11/h2-6,8H,7H2,1H3,(H4,20,21,22,23). The number of rotatable bonds is 4. The molecule has 0 bridgehead atoms. The summed E-state index contributed by atoms with van der Waals surface area (Å²) in [7, 11) is 0. The first-order valence-corrected chi connectivity index (χ1v) is 8.14. The number of hydrogen-bond donors (Lipinski definition) is 2. The molecule has 1 heterocycles. The van der Waals surface area contributed by atoms with Crippen LogP contribution in [0.2, 0.25) is 10.0 Å². The molecule has 2 aromatic carbocycles. The van der Waals surface area contributed by atoms with Crippen molar-refractivity contribution in [2.75, 3.05) is 16.4 Å². The molecule has 0 fully saturated rings. The molecule has 0 unspecified atom stereocenters. The van der Waals surface area contributed by atoms with Gasteiger partial charge in [0.25, 0.3) is 0 Å². The number of hydrogen-bond acceptors (Lipinski definition) is 5. The van der Waals surface area contributed by atoms with E-state index in [1.165, 1.54) is 4.90 Å². The van der Waals surface area contributed by atoms with Gasteiger partial charge >= 0.3 is 0 Å². The number of benzene rings is 2. The van der Waals surface area contributed by atoms with E-state index < -0.39 is 0 Å². The highest BCUT2D eigenvalue weighted by Crippen LogP contribution is 2.30. The zero-order valence-corrected chi connectivity index (χ0v) is 14.8. The van der Waals surface area contributed by atoms with Crippen molar-refractivity contribution in [2.45, 2.75) is 13.5 Å². The molecule has 128 valence electrons. The van der Waals surface area contributed by atoms with E-state index in [9.17, 15) is 4.79 Å². The predicted octanol–water partition coefficient (Wildman–Crippen LogP) is 3.57. The van der Waals surface area contributed by atoms with Gasteiger partial charge in [-0.2, -0.15) is 4.98 Å². The minimum Gasteiger partial charge on any atom is -0.383 e. The molecule has 0 radical (unpaired) electrons. The molecule has 0 saturated carbocycles. The van der Waals surface area contributed by atoms with Crippen LogP contribution in [0.15, 0.2) is 30.3 Å². The Balaban J connectivity index is 2.02. The Morgan fingerprint density at radius 2 is 1.88 bits per heavy atom. The molecular formula is C17H15Cl2N5O. The van der Waals surface area contributed by atoms with Gasteiger partial charge in [0.1, 0.15) is 5.82 Å². The molecule has 8 heteroatoms. The fourth-order valence-corrected chi connectivity index (χ4v) is 2.98. The lowest BCUT2D eigenvalue weighted by molar-refractivity contribution is -0.107. The van der Waals surface area contributed by atoms with Crippen molar-refractivity contribution in [3.63, 3.8) is 0 Å². The highest BCUT2D eigenvalue weighted by molar-refractivity contribution is 6.42. The van der Waals surface area contributed by atoms with Crippen LogP contribution >= 0.6 is 23.2 Å². The Morgan fingerprint density at radius 3 is 2.56 bits per heavy atom. The van der Waals surface area contributed by atoms with Crippen LogP contribution in [-0.4, -0.2) is 16.4 Å². The van der Waals surface area contributed by atoms with E-state index in [1.807, 2.05) is 19.1 Å². The van der Waals surface area contributed by atoms with Gasteiger partial charge in [-0.05, 0) is 42.3 Å². The summed E-state index contributed by atoms with van der Waals surface area (Å²) in [5, 5.41) is 1.54. The molecule has 0 aliphatic heterocycles. The SMILES string of the molecule is Cc1c(CN(C=O)c2ccc(Cl)c(Cl)c2)ccc2nc(N)nc(N)c12. The number of nitrogens with two attached hydrogens (primary N) is 2. The zero-order chi connectivity index (χ0) is 18.1. The van der Waals surface area contributed by atoms with E-state index in [1.54, 1.807) is 18.2 Å². The van der Waals surface area contributed by atoms with E-state index in [-0.39, 0.29) is 5.95 Å². The first-order chi connectivity index (χ1) is 11.9. The number of nitrogen functional groups attached to an aromatic ring is 2. The number of nitrogens with zero attached hydrogens (tertiary/aromatic N) is 3. The summed E-state index contributed by atoms with van der Waals surface area (Å²) in [5.74, 6) is 0.441. The third-order valence-corrected chi connectivity index (χ3v) is 4.72. The number of aryl methyl sites for hydroxylation is 1. The van der Waals surface area contributed by atoms with Crippen molar-refractivity contribution in [1.82, 2.24) is 9.97 Å². The van der Waals surface area contributed by atoms with Gasteiger partial charge < -0.3 is 16.4 Å². The summed E-state index contributed by atoms with van der Waals surface area (Å²) in [6.45, 7) is 2.25. The Bertz CT molecular complexity index is 977. The maximum Gasteiger partial charge on any atom is 0.222 e. The van der Waals surface area contributed by atoms with Crippen molar-refractivity contribution in [2.24, 2.45) is 0 Å². The minimum absolute atomic E-state index is 0.127. The van der Waals surface area contributed by atoms with E-state index >= 15 is 0 Å². The molecule has 0 aliphatic carbocycles. The van der Waals surface area contributed by atoms with Crippen LogP contribution in [0.4, 0.5) is 17.5 Å². The Kier molecular flexibility index (Phi) is 4.65. The molecule has 3 rings (SSSR count). The highest BCUT2D eigenvalue weighted by Gasteiger charge is 2.14. The van der Waals surface area contributed by atoms with Gasteiger partial charge in [0.2, 0.25) is 12.4 Å². The Morgan fingerprint density at radius 1 is 1.12 bits per heavy atom. The van der Waals surface area contributed by atoms with Gasteiger partial charge in [-0.25, -0.2) is 4.98 Å².